The predicted molar refractivity (Wildman–Crippen MR) is 76.0 cm³/mol. The lowest BCUT2D eigenvalue weighted by molar-refractivity contribution is 0.0651. The van der Waals surface area contributed by atoms with Gasteiger partial charge in [0.15, 0.2) is 9.04 Å². The quantitative estimate of drug-likeness (QED) is 0.809. The van der Waals surface area contributed by atoms with Gasteiger partial charge in [-0.15, -0.1) is 0 Å². The lowest BCUT2D eigenvalue weighted by Crippen LogP contribution is -2.47. The molecular weight excluding hydrogens is 280 g/mol. The first-order chi connectivity index (χ1) is 8.65. The van der Waals surface area contributed by atoms with Crippen molar-refractivity contribution in [1.29, 1.82) is 0 Å². The van der Waals surface area contributed by atoms with Gasteiger partial charge < -0.3 is 14.3 Å². The number of carboxylic acid groups (broad SMARTS) is 2. The summed E-state index contributed by atoms with van der Waals surface area (Å²) in [5.41, 5.74) is -0.380. The van der Waals surface area contributed by atoms with Crippen LogP contribution in [0, 0.1) is 0 Å². The average molecular weight is 297 g/mol. The van der Waals surface area contributed by atoms with Crippen LogP contribution in [0.15, 0.2) is 18.2 Å². The van der Waals surface area contributed by atoms with Crippen LogP contribution in [0.1, 0.15) is 20.7 Å². The highest BCUT2D eigenvalue weighted by molar-refractivity contribution is 6.88. The van der Waals surface area contributed by atoms with Crippen molar-refractivity contribution in [2.45, 2.75) is 26.2 Å². The van der Waals surface area contributed by atoms with Crippen LogP contribution < -0.4 is 5.19 Å². The van der Waals surface area contributed by atoms with Crippen molar-refractivity contribution in [3.8, 4) is 0 Å². The van der Waals surface area contributed by atoms with E-state index in [1.165, 1.54) is 12.1 Å². The van der Waals surface area contributed by atoms with Crippen molar-refractivity contribution in [3.63, 3.8) is 0 Å². The number of hydrogen-bond acceptors (Lipinski definition) is 3. The van der Waals surface area contributed by atoms with Gasteiger partial charge in [-0.2, -0.15) is 0 Å². The maximum atomic E-state index is 11.1. The van der Waals surface area contributed by atoms with Gasteiger partial charge in [-0.25, -0.2) is 9.59 Å². The average Bonchev–Trinajstić information content (AvgIpc) is 2.26. The van der Waals surface area contributed by atoms with Gasteiger partial charge in [0.25, 0.3) is 0 Å². The van der Waals surface area contributed by atoms with E-state index in [1.807, 2.05) is 26.2 Å². The Morgan fingerprint density at radius 3 is 2.05 bits per heavy atom. The Bertz CT molecular complexity index is 511. The predicted octanol–water partition coefficient (Wildman–Crippen LogP) is 1.76. The number of hydrogen-bond donors (Lipinski definition) is 2. The molecule has 103 valence electrons. The normalized spacial score (nSPS) is 11.6. The molecule has 0 aromatic heterocycles. The summed E-state index contributed by atoms with van der Waals surface area (Å²) in [5, 5.41) is 18.9. The second kappa shape index (κ2) is 5.68. The molecule has 1 radical (unpaired) electrons. The Hall–Kier alpha value is -1.45. The molecule has 0 atom stereocenters. The minimum Gasteiger partial charge on any atom is -0.478 e. The van der Waals surface area contributed by atoms with Crippen LogP contribution in [0.4, 0.5) is 0 Å². The number of carboxylic acids is 2. The first kappa shape index (κ1) is 15.6. The van der Waals surface area contributed by atoms with Crippen LogP contribution in [0.2, 0.25) is 26.2 Å². The van der Waals surface area contributed by atoms with Gasteiger partial charge in [-0.3, -0.25) is 0 Å². The third-order valence-electron chi connectivity index (χ3n) is 2.63. The van der Waals surface area contributed by atoms with Gasteiger partial charge in [-0.1, -0.05) is 6.07 Å². The Kier molecular flexibility index (Phi) is 4.67. The van der Waals surface area contributed by atoms with Crippen LogP contribution in [0.3, 0.4) is 0 Å². The molecule has 0 aliphatic heterocycles. The van der Waals surface area contributed by atoms with Gasteiger partial charge in [0.05, 0.1) is 11.1 Å². The maximum absolute atomic E-state index is 11.1. The summed E-state index contributed by atoms with van der Waals surface area (Å²) in [6, 6.07) is 4.44. The van der Waals surface area contributed by atoms with Gasteiger partial charge in [0.2, 0.25) is 8.32 Å². The fraction of sp³-hybridized carbons (Fsp3) is 0.333. The Balaban J connectivity index is 3.29. The van der Waals surface area contributed by atoms with Gasteiger partial charge in [-0.05, 0) is 43.5 Å². The second-order valence-corrected chi connectivity index (χ2v) is 11.1. The fourth-order valence-electron chi connectivity index (χ4n) is 1.85. The van der Waals surface area contributed by atoms with E-state index in [9.17, 15) is 9.59 Å². The number of benzene rings is 1. The minimum absolute atomic E-state index is 0.185. The molecule has 0 amide bonds. The topological polar surface area (TPSA) is 83.8 Å². The first-order valence-electron chi connectivity index (χ1n) is 5.75. The van der Waals surface area contributed by atoms with Crippen molar-refractivity contribution in [2.24, 2.45) is 0 Å². The molecule has 0 aliphatic carbocycles. The van der Waals surface area contributed by atoms with Crippen molar-refractivity contribution in [1.82, 2.24) is 0 Å². The van der Waals surface area contributed by atoms with Gasteiger partial charge in [0, 0.05) is 0 Å². The van der Waals surface area contributed by atoms with E-state index < -0.39 is 29.3 Å². The molecule has 1 aromatic carbocycles. The lowest BCUT2D eigenvalue weighted by atomic mass is 10.1. The molecule has 0 saturated heterocycles. The zero-order valence-corrected chi connectivity index (χ0v) is 13.4. The Morgan fingerprint density at radius 1 is 1.11 bits per heavy atom. The summed E-state index contributed by atoms with van der Waals surface area (Å²) in [7, 11) is -3.09. The molecule has 0 heterocycles. The Labute approximate surface area is 114 Å². The third-order valence-corrected chi connectivity index (χ3v) is 8.01. The van der Waals surface area contributed by atoms with Crippen LogP contribution in [-0.4, -0.2) is 39.5 Å². The van der Waals surface area contributed by atoms with E-state index in [2.05, 4.69) is 0 Å². The molecule has 0 bridgehead atoms. The van der Waals surface area contributed by atoms with Crippen LogP contribution in [0.5, 0.6) is 0 Å². The Morgan fingerprint density at radius 2 is 1.63 bits per heavy atom. The maximum Gasteiger partial charge on any atom is 0.336 e. The van der Waals surface area contributed by atoms with Crippen LogP contribution in [0.25, 0.3) is 0 Å². The molecule has 0 unspecified atom stereocenters. The van der Waals surface area contributed by atoms with E-state index in [1.54, 1.807) is 6.07 Å². The van der Waals surface area contributed by atoms with Crippen molar-refractivity contribution in [2.75, 3.05) is 0 Å². The molecule has 1 rings (SSSR count). The lowest BCUT2D eigenvalue weighted by Gasteiger charge is -2.26. The van der Waals surface area contributed by atoms with E-state index in [0.29, 0.717) is 0 Å². The number of carbonyl (C=O) groups is 2. The summed E-state index contributed by atoms with van der Waals surface area (Å²) in [5.74, 6) is -2.47. The summed E-state index contributed by atoms with van der Waals surface area (Å²) in [6.07, 6.45) is 0. The summed E-state index contributed by atoms with van der Waals surface area (Å²) < 4.78 is 5.96. The standard InChI is InChI=1S/C12H17O5Si2/c1-18(2)17-19(3,4)8-5-6-9(11(13)14)10(7-8)12(15)16/h5-7H,1-4H3,(H,13,14)(H,15,16). The molecule has 0 saturated carbocycles. The summed E-state index contributed by atoms with van der Waals surface area (Å²) >= 11 is 0. The molecule has 7 heteroatoms. The molecule has 1 aromatic rings. The van der Waals surface area contributed by atoms with Gasteiger partial charge in [0.1, 0.15) is 0 Å². The molecule has 5 nitrogen and oxygen atoms in total. The summed E-state index contributed by atoms with van der Waals surface area (Å²) in [6.45, 7) is 7.99. The number of aromatic carboxylic acids is 2. The molecule has 0 fully saturated rings. The molecule has 0 aliphatic rings. The van der Waals surface area contributed by atoms with Crippen molar-refractivity contribution < 1.29 is 23.9 Å². The second-order valence-electron chi connectivity index (χ2n) is 4.89. The highest BCUT2D eigenvalue weighted by atomic mass is 28.4. The van der Waals surface area contributed by atoms with Crippen molar-refractivity contribution in [3.05, 3.63) is 29.3 Å². The SMILES string of the molecule is C[Si](C)O[Si](C)(C)c1ccc(C(=O)O)c(C(=O)O)c1. The first-order valence-corrected chi connectivity index (χ1v) is 11.1. The molecule has 19 heavy (non-hydrogen) atoms. The molecular formula is C12H17O5Si2. The van der Waals surface area contributed by atoms with E-state index >= 15 is 0 Å². The van der Waals surface area contributed by atoms with Crippen LogP contribution >= 0.6 is 0 Å². The minimum atomic E-state index is -2.19. The van der Waals surface area contributed by atoms with E-state index in [-0.39, 0.29) is 11.1 Å². The largest absolute Gasteiger partial charge is 0.478 e. The summed E-state index contributed by atoms with van der Waals surface area (Å²) in [4.78, 5) is 22.1. The van der Waals surface area contributed by atoms with Crippen molar-refractivity contribution >= 4 is 34.5 Å². The van der Waals surface area contributed by atoms with Crippen LogP contribution in [-0.2, 0) is 4.12 Å². The monoisotopic (exact) mass is 297 g/mol. The number of rotatable bonds is 5. The third kappa shape index (κ3) is 3.76. The smallest absolute Gasteiger partial charge is 0.336 e. The molecule has 0 spiro atoms. The van der Waals surface area contributed by atoms with E-state index in [0.717, 1.165) is 5.19 Å². The molecule has 2 N–H and O–H groups in total. The van der Waals surface area contributed by atoms with Gasteiger partial charge >= 0.3 is 11.9 Å². The highest BCUT2D eigenvalue weighted by Crippen LogP contribution is 2.13. The highest BCUT2D eigenvalue weighted by Gasteiger charge is 2.29. The zero-order chi connectivity index (χ0) is 14.8. The zero-order valence-electron chi connectivity index (χ0n) is 11.4. The fourth-order valence-corrected chi connectivity index (χ4v) is 7.38. The van der Waals surface area contributed by atoms with E-state index in [4.69, 9.17) is 14.3 Å².